The van der Waals surface area contributed by atoms with Gasteiger partial charge in [-0.15, -0.1) is 12.4 Å². The molecule has 0 bridgehead atoms. The molecule has 0 saturated carbocycles. The summed E-state index contributed by atoms with van der Waals surface area (Å²) in [7, 11) is 0. The molecule has 1 aromatic rings. The van der Waals surface area contributed by atoms with Crippen LogP contribution >= 0.6 is 28.3 Å². The minimum atomic E-state index is -0.343. The van der Waals surface area contributed by atoms with E-state index in [1.165, 1.54) is 0 Å². The van der Waals surface area contributed by atoms with E-state index in [1.807, 2.05) is 24.3 Å². The fourth-order valence-electron chi connectivity index (χ4n) is 1.91. The number of rotatable bonds is 1. The maximum absolute atomic E-state index is 11.3. The van der Waals surface area contributed by atoms with Crippen LogP contribution in [0, 0.1) is 5.41 Å². The lowest BCUT2D eigenvalue weighted by Crippen LogP contribution is -2.46. The normalized spacial score (nSPS) is 22.1. The Labute approximate surface area is 115 Å². The lowest BCUT2D eigenvalue weighted by molar-refractivity contribution is 0.0387. The van der Waals surface area contributed by atoms with Gasteiger partial charge >= 0.3 is 6.09 Å². The van der Waals surface area contributed by atoms with Crippen LogP contribution in [0.2, 0.25) is 0 Å². The van der Waals surface area contributed by atoms with Crippen molar-refractivity contribution in [2.75, 3.05) is 6.61 Å². The number of ether oxygens (including phenoxy) is 1. The monoisotopic (exact) mass is 319 g/mol. The average Bonchev–Trinajstić information content (AvgIpc) is 2.22. The van der Waals surface area contributed by atoms with Gasteiger partial charge in [-0.2, -0.15) is 0 Å². The molecule has 1 aromatic carbocycles. The Hall–Kier alpha value is -0.740. The molecule has 1 N–H and O–H groups in total. The van der Waals surface area contributed by atoms with Crippen LogP contribution in [0.4, 0.5) is 4.79 Å². The van der Waals surface area contributed by atoms with E-state index in [0.717, 1.165) is 10.0 Å². The molecule has 0 radical (unpaired) electrons. The van der Waals surface area contributed by atoms with Crippen LogP contribution in [0.5, 0.6) is 0 Å². The van der Waals surface area contributed by atoms with Gasteiger partial charge in [0.1, 0.15) is 6.61 Å². The number of amides is 1. The molecule has 1 aliphatic rings. The molecule has 0 aromatic heterocycles. The standard InChI is InChI=1S/C12H14BrNO2.ClH/c1-12(2)7-16-11(15)14-10(12)8-4-3-5-9(13)6-8;/h3-6,10H,7H2,1-2H3,(H,14,15);1H/t10-;/m1./s1. The summed E-state index contributed by atoms with van der Waals surface area (Å²) in [6, 6.07) is 7.97. The Bertz CT molecular complexity index is 423. The third-order valence-electron chi connectivity index (χ3n) is 2.80. The fourth-order valence-corrected chi connectivity index (χ4v) is 2.33. The number of carbonyl (C=O) groups excluding carboxylic acids is 1. The SMILES string of the molecule is CC1(C)COC(=O)N[C@@H]1c1cccc(Br)c1.Cl. The first-order valence-corrected chi connectivity index (χ1v) is 5.97. The zero-order valence-electron chi connectivity index (χ0n) is 9.70. The molecular weight excluding hydrogens is 305 g/mol. The molecule has 1 saturated heterocycles. The summed E-state index contributed by atoms with van der Waals surface area (Å²) in [5.41, 5.74) is 0.991. The largest absolute Gasteiger partial charge is 0.449 e. The molecule has 0 aliphatic carbocycles. The number of benzene rings is 1. The molecule has 17 heavy (non-hydrogen) atoms. The second kappa shape index (κ2) is 5.27. The molecular formula is C12H15BrClNO2. The van der Waals surface area contributed by atoms with Crippen LogP contribution in [-0.2, 0) is 4.74 Å². The van der Waals surface area contributed by atoms with Gasteiger partial charge < -0.3 is 10.1 Å². The highest BCUT2D eigenvalue weighted by atomic mass is 79.9. The van der Waals surface area contributed by atoms with E-state index in [-0.39, 0.29) is 30.0 Å². The fraction of sp³-hybridized carbons (Fsp3) is 0.417. The maximum Gasteiger partial charge on any atom is 0.407 e. The van der Waals surface area contributed by atoms with Crippen molar-refractivity contribution in [3.05, 3.63) is 34.3 Å². The summed E-state index contributed by atoms with van der Waals surface area (Å²) in [5, 5.41) is 2.87. The van der Waals surface area contributed by atoms with Gasteiger partial charge in [0.15, 0.2) is 0 Å². The van der Waals surface area contributed by atoms with E-state index >= 15 is 0 Å². The van der Waals surface area contributed by atoms with Gasteiger partial charge in [0.05, 0.1) is 6.04 Å². The van der Waals surface area contributed by atoms with Gasteiger partial charge in [-0.3, -0.25) is 0 Å². The first kappa shape index (κ1) is 14.3. The third-order valence-corrected chi connectivity index (χ3v) is 3.29. The topological polar surface area (TPSA) is 38.3 Å². The van der Waals surface area contributed by atoms with Gasteiger partial charge in [-0.1, -0.05) is 41.9 Å². The number of hydrogen-bond donors (Lipinski definition) is 1. The minimum Gasteiger partial charge on any atom is -0.449 e. The molecule has 0 spiro atoms. The molecule has 2 rings (SSSR count). The first-order chi connectivity index (χ1) is 7.49. The van der Waals surface area contributed by atoms with E-state index < -0.39 is 0 Å². The summed E-state index contributed by atoms with van der Waals surface area (Å²) >= 11 is 3.44. The van der Waals surface area contributed by atoms with Crippen molar-refractivity contribution in [2.45, 2.75) is 19.9 Å². The summed E-state index contributed by atoms with van der Waals surface area (Å²) in [5.74, 6) is 0. The second-order valence-electron chi connectivity index (χ2n) is 4.70. The van der Waals surface area contributed by atoms with Gasteiger partial charge in [-0.05, 0) is 17.7 Å². The molecule has 1 heterocycles. The lowest BCUT2D eigenvalue weighted by Gasteiger charge is -2.38. The van der Waals surface area contributed by atoms with Crippen LogP contribution < -0.4 is 5.32 Å². The summed E-state index contributed by atoms with van der Waals surface area (Å²) in [6.07, 6.45) is -0.343. The van der Waals surface area contributed by atoms with E-state index in [2.05, 4.69) is 35.1 Å². The predicted molar refractivity (Wildman–Crippen MR) is 72.4 cm³/mol. The van der Waals surface area contributed by atoms with Crippen molar-refractivity contribution in [3.8, 4) is 0 Å². The van der Waals surface area contributed by atoms with Crippen LogP contribution in [0.25, 0.3) is 0 Å². The molecule has 94 valence electrons. The smallest absolute Gasteiger partial charge is 0.407 e. The van der Waals surface area contributed by atoms with Crippen molar-refractivity contribution in [1.82, 2.24) is 5.32 Å². The Balaban J connectivity index is 0.00000144. The molecule has 5 heteroatoms. The van der Waals surface area contributed by atoms with E-state index in [9.17, 15) is 4.79 Å². The molecule has 1 atom stereocenters. The maximum atomic E-state index is 11.3. The zero-order chi connectivity index (χ0) is 11.8. The van der Waals surface area contributed by atoms with Crippen molar-refractivity contribution >= 4 is 34.4 Å². The Kier molecular flexibility index (Phi) is 4.44. The molecule has 1 amide bonds. The second-order valence-corrected chi connectivity index (χ2v) is 5.61. The van der Waals surface area contributed by atoms with E-state index in [1.54, 1.807) is 0 Å². The first-order valence-electron chi connectivity index (χ1n) is 5.18. The zero-order valence-corrected chi connectivity index (χ0v) is 12.1. The van der Waals surface area contributed by atoms with Crippen molar-refractivity contribution in [2.24, 2.45) is 5.41 Å². The lowest BCUT2D eigenvalue weighted by atomic mass is 9.80. The highest BCUT2D eigenvalue weighted by Gasteiger charge is 2.37. The molecule has 0 unspecified atom stereocenters. The van der Waals surface area contributed by atoms with Gasteiger partial charge in [0.2, 0.25) is 0 Å². The van der Waals surface area contributed by atoms with Crippen molar-refractivity contribution < 1.29 is 9.53 Å². The van der Waals surface area contributed by atoms with Crippen molar-refractivity contribution in [3.63, 3.8) is 0 Å². The highest BCUT2D eigenvalue weighted by Crippen LogP contribution is 2.36. The summed E-state index contributed by atoms with van der Waals surface area (Å²) in [4.78, 5) is 11.3. The van der Waals surface area contributed by atoms with Crippen LogP contribution in [0.3, 0.4) is 0 Å². The van der Waals surface area contributed by atoms with E-state index in [0.29, 0.717) is 6.61 Å². The number of halogens is 2. The Morgan fingerprint density at radius 3 is 2.82 bits per heavy atom. The number of cyclic esters (lactones) is 1. The van der Waals surface area contributed by atoms with Crippen molar-refractivity contribution in [1.29, 1.82) is 0 Å². The van der Waals surface area contributed by atoms with Gasteiger partial charge in [0, 0.05) is 9.89 Å². The molecule has 1 fully saturated rings. The van der Waals surface area contributed by atoms with Crippen LogP contribution in [-0.4, -0.2) is 12.7 Å². The number of nitrogens with one attached hydrogen (secondary N) is 1. The highest BCUT2D eigenvalue weighted by molar-refractivity contribution is 9.10. The number of carbonyl (C=O) groups is 1. The third kappa shape index (κ3) is 3.13. The quantitative estimate of drug-likeness (QED) is 0.857. The number of hydrogen-bond acceptors (Lipinski definition) is 2. The number of alkyl carbamates (subject to hydrolysis) is 1. The Morgan fingerprint density at radius 1 is 1.47 bits per heavy atom. The van der Waals surface area contributed by atoms with Crippen LogP contribution in [0.15, 0.2) is 28.7 Å². The van der Waals surface area contributed by atoms with E-state index in [4.69, 9.17) is 4.74 Å². The van der Waals surface area contributed by atoms with Crippen LogP contribution in [0.1, 0.15) is 25.5 Å². The predicted octanol–water partition coefficient (Wildman–Crippen LogP) is 3.68. The average molecular weight is 321 g/mol. The Morgan fingerprint density at radius 2 is 2.18 bits per heavy atom. The van der Waals surface area contributed by atoms with Gasteiger partial charge in [-0.25, -0.2) is 4.79 Å². The molecule has 1 aliphatic heterocycles. The minimum absolute atomic E-state index is 0. The summed E-state index contributed by atoms with van der Waals surface area (Å²) < 4.78 is 6.03. The van der Waals surface area contributed by atoms with Gasteiger partial charge in [0.25, 0.3) is 0 Å². The summed E-state index contributed by atoms with van der Waals surface area (Å²) in [6.45, 7) is 4.60. The molecule has 3 nitrogen and oxygen atoms in total.